The monoisotopic (exact) mass is 353 g/mol. The third kappa shape index (κ3) is 3.06. The molecule has 13 heavy (non-hydrogen) atoms. The first-order chi connectivity index (χ1) is 5.54. The van der Waals surface area contributed by atoms with Gasteiger partial charge in [-0.15, -0.1) is 5.92 Å². The molecule has 1 fully saturated rings. The summed E-state index contributed by atoms with van der Waals surface area (Å²) in [5.41, 5.74) is 0. The third-order valence-corrected chi connectivity index (χ3v) is 2.98. The van der Waals surface area contributed by atoms with E-state index in [4.69, 9.17) is 4.74 Å². The summed E-state index contributed by atoms with van der Waals surface area (Å²) in [6.07, 6.45) is 0.414. The van der Waals surface area contributed by atoms with Gasteiger partial charge in [0, 0.05) is 27.2 Å². The Labute approximate surface area is 96.9 Å². The van der Waals surface area contributed by atoms with E-state index in [1.165, 1.54) is 0 Å². The van der Waals surface area contributed by atoms with E-state index in [-0.39, 0.29) is 21.1 Å². The molecule has 1 aliphatic heterocycles. The molecule has 0 saturated carbocycles. The Kier molecular flexibility index (Phi) is 5.78. The van der Waals surface area contributed by atoms with Gasteiger partial charge in [-0.05, 0) is 18.8 Å². The van der Waals surface area contributed by atoms with Crippen LogP contribution in [0.2, 0.25) is 0 Å². The van der Waals surface area contributed by atoms with Crippen LogP contribution < -0.4 is 0 Å². The molecule has 3 atom stereocenters. The second kappa shape index (κ2) is 5.51. The van der Waals surface area contributed by atoms with E-state index in [2.05, 4.69) is 41.2 Å². The Morgan fingerprint density at radius 1 is 1.08 bits per heavy atom. The molecule has 0 bridgehead atoms. The van der Waals surface area contributed by atoms with Crippen LogP contribution >= 0.6 is 0 Å². The zero-order valence-electron chi connectivity index (χ0n) is 9.28. The second-order valence-corrected chi connectivity index (χ2v) is 4.62. The fraction of sp³-hybridized carbons (Fsp3) is 0.909. The summed E-state index contributed by atoms with van der Waals surface area (Å²) in [5, 5.41) is 0. The van der Waals surface area contributed by atoms with Crippen LogP contribution in [0.25, 0.3) is 0 Å². The maximum Gasteiger partial charge on any atom is 0.0211 e. The quantitative estimate of drug-likeness (QED) is 0.694. The summed E-state index contributed by atoms with van der Waals surface area (Å²) >= 11 is 0. The van der Waals surface area contributed by atoms with E-state index < -0.39 is 0 Å². The summed E-state index contributed by atoms with van der Waals surface area (Å²) in [7, 11) is 0. The van der Waals surface area contributed by atoms with Crippen LogP contribution in [0.4, 0.5) is 0 Å². The molecule has 2 heteroatoms. The van der Waals surface area contributed by atoms with Crippen molar-refractivity contribution in [3.8, 4) is 0 Å². The Morgan fingerprint density at radius 2 is 1.62 bits per heavy atom. The van der Waals surface area contributed by atoms with Gasteiger partial charge in [0.15, 0.2) is 0 Å². The molecule has 1 saturated heterocycles. The average molecular weight is 353 g/mol. The topological polar surface area (TPSA) is 9.23 Å². The van der Waals surface area contributed by atoms with Crippen molar-refractivity contribution in [2.75, 3.05) is 0 Å². The van der Waals surface area contributed by atoms with Gasteiger partial charge in [-0.25, -0.2) is 6.61 Å². The average Bonchev–Trinajstić information content (AvgIpc) is 2.30. The first kappa shape index (κ1) is 13.6. The van der Waals surface area contributed by atoms with Crippen molar-refractivity contribution in [2.45, 2.75) is 40.7 Å². The van der Waals surface area contributed by atoms with Gasteiger partial charge in [0.1, 0.15) is 0 Å². The molecule has 0 amide bonds. The summed E-state index contributed by atoms with van der Waals surface area (Å²) in [4.78, 5) is 0. The predicted octanol–water partition coefficient (Wildman–Crippen LogP) is 3.11. The van der Waals surface area contributed by atoms with Crippen molar-refractivity contribution in [2.24, 2.45) is 23.7 Å². The van der Waals surface area contributed by atoms with Gasteiger partial charge >= 0.3 is 0 Å². The number of ether oxygens (including phenoxy) is 1. The summed E-state index contributed by atoms with van der Waals surface area (Å²) < 4.78 is 5.58. The second-order valence-electron chi connectivity index (χ2n) is 4.62. The predicted molar refractivity (Wildman–Crippen MR) is 51.5 cm³/mol. The fourth-order valence-corrected chi connectivity index (χ4v) is 2.30. The molecule has 0 aromatic rings. The normalized spacial score (nSPS) is 33.9. The molecule has 1 aliphatic rings. The molecular weight excluding hydrogens is 332 g/mol. The fourth-order valence-electron chi connectivity index (χ4n) is 2.30. The van der Waals surface area contributed by atoms with E-state index in [9.17, 15) is 0 Å². The van der Waals surface area contributed by atoms with Crippen LogP contribution in [0, 0.1) is 30.3 Å². The van der Waals surface area contributed by atoms with Crippen LogP contribution in [0.15, 0.2) is 0 Å². The van der Waals surface area contributed by atoms with Gasteiger partial charge in [0.2, 0.25) is 0 Å². The molecule has 1 nitrogen and oxygen atoms in total. The molecule has 1 heterocycles. The number of hydrogen-bond donors (Lipinski definition) is 0. The molecule has 0 aromatic heterocycles. The molecule has 0 aromatic carbocycles. The Morgan fingerprint density at radius 3 is 1.92 bits per heavy atom. The Bertz CT molecular complexity index is 145. The van der Waals surface area contributed by atoms with Crippen molar-refractivity contribution in [1.29, 1.82) is 0 Å². The largest absolute Gasteiger partial charge is 0.549 e. The van der Waals surface area contributed by atoms with E-state index in [0.29, 0.717) is 23.9 Å². The molecule has 0 N–H and O–H groups in total. The zero-order chi connectivity index (χ0) is 9.30. The zero-order valence-corrected chi connectivity index (χ0v) is 12.2. The van der Waals surface area contributed by atoms with Crippen molar-refractivity contribution in [3.63, 3.8) is 0 Å². The number of rotatable bonds is 2. The van der Waals surface area contributed by atoms with Gasteiger partial charge in [0.25, 0.3) is 0 Å². The molecular formula is C11H21OW-. The maximum atomic E-state index is 5.58. The minimum atomic E-state index is 0. The van der Waals surface area contributed by atoms with Crippen molar-refractivity contribution >= 4 is 0 Å². The van der Waals surface area contributed by atoms with Crippen molar-refractivity contribution in [1.82, 2.24) is 0 Å². The molecule has 0 spiro atoms. The van der Waals surface area contributed by atoms with Gasteiger partial charge in [-0.3, -0.25) is 0 Å². The third-order valence-electron chi connectivity index (χ3n) is 2.98. The van der Waals surface area contributed by atoms with E-state index in [1.54, 1.807) is 0 Å². The van der Waals surface area contributed by atoms with E-state index in [1.807, 2.05) is 0 Å². The van der Waals surface area contributed by atoms with Crippen molar-refractivity contribution < 1.29 is 25.8 Å². The maximum absolute atomic E-state index is 5.58. The van der Waals surface area contributed by atoms with Crippen LogP contribution in [-0.2, 0) is 25.8 Å². The van der Waals surface area contributed by atoms with Crippen LogP contribution in [0.3, 0.4) is 0 Å². The van der Waals surface area contributed by atoms with Gasteiger partial charge in [0.05, 0.1) is 0 Å². The molecule has 0 aliphatic carbocycles. The first-order valence-corrected chi connectivity index (χ1v) is 5.02. The summed E-state index contributed by atoms with van der Waals surface area (Å²) in [6.45, 7) is 13.4. The SMILES string of the molecule is CC(C)C1[CH-]O[C@@H](C)[C@H]1C(C)C.[W]. The van der Waals surface area contributed by atoms with Gasteiger partial charge < -0.3 is 4.74 Å². The van der Waals surface area contributed by atoms with E-state index in [0.717, 1.165) is 5.92 Å². The Hall–Kier alpha value is 0.648. The molecule has 0 radical (unpaired) electrons. The molecule has 1 rings (SSSR count). The van der Waals surface area contributed by atoms with Crippen LogP contribution in [-0.4, -0.2) is 6.10 Å². The van der Waals surface area contributed by atoms with Crippen LogP contribution in [0.5, 0.6) is 0 Å². The summed E-state index contributed by atoms with van der Waals surface area (Å²) in [6, 6.07) is 0. The first-order valence-electron chi connectivity index (χ1n) is 5.02. The van der Waals surface area contributed by atoms with Gasteiger partial charge in [-0.2, -0.15) is 0 Å². The molecule has 1 unspecified atom stereocenters. The van der Waals surface area contributed by atoms with E-state index >= 15 is 0 Å². The van der Waals surface area contributed by atoms with Gasteiger partial charge in [-0.1, -0.05) is 33.6 Å². The van der Waals surface area contributed by atoms with Crippen molar-refractivity contribution in [3.05, 3.63) is 6.61 Å². The number of hydrogen-bond acceptors (Lipinski definition) is 1. The molecule has 78 valence electrons. The summed E-state index contributed by atoms with van der Waals surface area (Å²) in [5.74, 6) is 2.80. The smallest absolute Gasteiger partial charge is 0.0211 e. The standard InChI is InChI=1S/C11H21O.W/c1-7(2)10-6-12-9(5)11(10)8(3)4;/h6-11H,1-5H3;/q-1;/t9-,10?,11+;/m0./s1. The van der Waals surface area contributed by atoms with Crippen LogP contribution in [0.1, 0.15) is 34.6 Å². The minimum Gasteiger partial charge on any atom is -0.549 e. The minimum absolute atomic E-state index is 0. The Balaban J connectivity index is 0.00000144.